The van der Waals surface area contributed by atoms with E-state index in [-0.39, 0.29) is 11.3 Å². The molecule has 0 aromatic heterocycles. The van der Waals surface area contributed by atoms with Gasteiger partial charge < -0.3 is 5.32 Å². The first-order valence-corrected chi connectivity index (χ1v) is 6.41. The van der Waals surface area contributed by atoms with Crippen LogP contribution in [-0.2, 0) is 4.79 Å². The number of rotatable bonds is 2. The molecule has 92 valence electrons. The Bertz CT molecular complexity index is 431. The Morgan fingerprint density at radius 2 is 1.88 bits per heavy atom. The van der Waals surface area contributed by atoms with Crippen LogP contribution in [0.2, 0.25) is 0 Å². The third-order valence-corrected chi connectivity index (χ3v) is 4.11. The van der Waals surface area contributed by atoms with Gasteiger partial charge in [0.2, 0.25) is 5.91 Å². The van der Waals surface area contributed by atoms with Gasteiger partial charge in [0.25, 0.3) is 0 Å². The van der Waals surface area contributed by atoms with Gasteiger partial charge in [-0.15, -0.1) is 0 Å². The summed E-state index contributed by atoms with van der Waals surface area (Å²) < 4.78 is 0. The predicted molar refractivity (Wildman–Crippen MR) is 71.1 cm³/mol. The third-order valence-electron chi connectivity index (χ3n) is 4.11. The molecule has 0 saturated heterocycles. The Kier molecular flexibility index (Phi) is 3.23. The van der Waals surface area contributed by atoms with Crippen molar-refractivity contribution in [2.75, 3.05) is 5.32 Å². The second kappa shape index (κ2) is 4.52. The maximum Gasteiger partial charge on any atom is 0.230 e. The van der Waals surface area contributed by atoms with Crippen molar-refractivity contribution in [2.24, 2.45) is 5.41 Å². The number of benzene rings is 1. The lowest BCUT2D eigenvalue weighted by atomic mass is 9.87. The van der Waals surface area contributed by atoms with Gasteiger partial charge in [0.1, 0.15) is 0 Å². The molecule has 2 rings (SSSR count). The topological polar surface area (TPSA) is 29.1 Å². The zero-order valence-corrected chi connectivity index (χ0v) is 11.0. The number of carbonyl (C=O) groups excluding carboxylic acids is 1. The van der Waals surface area contributed by atoms with E-state index >= 15 is 0 Å². The highest BCUT2D eigenvalue weighted by molar-refractivity contribution is 5.96. The summed E-state index contributed by atoms with van der Waals surface area (Å²) in [5.41, 5.74) is 3.20. The number of carbonyl (C=O) groups is 1. The van der Waals surface area contributed by atoms with Gasteiger partial charge in [0, 0.05) is 11.1 Å². The van der Waals surface area contributed by atoms with Crippen molar-refractivity contribution in [1.82, 2.24) is 0 Å². The molecule has 1 aromatic carbocycles. The molecule has 1 aliphatic rings. The lowest BCUT2D eigenvalue weighted by Crippen LogP contribution is -2.31. The molecular weight excluding hydrogens is 210 g/mol. The first kappa shape index (κ1) is 12.2. The Labute approximate surface area is 103 Å². The molecule has 0 heterocycles. The van der Waals surface area contributed by atoms with E-state index < -0.39 is 0 Å². The van der Waals surface area contributed by atoms with E-state index in [1.807, 2.05) is 12.1 Å². The minimum atomic E-state index is -0.157. The number of amides is 1. The van der Waals surface area contributed by atoms with Crippen LogP contribution in [0.5, 0.6) is 0 Å². The van der Waals surface area contributed by atoms with Crippen molar-refractivity contribution in [2.45, 2.75) is 46.5 Å². The Morgan fingerprint density at radius 3 is 2.53 bits per heavy atom. The van der Waals surface area contributed by atoms with Crippen LogP contribution in [0.3, 0.4) is 0 Å². The molecule has 2 nitrogen and oxygen atoms in total. The molecular formula is C15H21NO. The summed E-state index contributed by atoms with van der Waals surface area (Å²) in [4.78, 5) is 12.3. The van der Waals surface area contributed by atoms with Crippen molar-refractivity contribution in [3.63, 3.8) is 0 Å². The smallest absolute Gasteiger partial charge is 0.230 e. The second-order valence-electron chi connectivity index (χ2n) is 5.47. The zero-order chi connectivity index (χ0) is 12.5. The van der Waals surface area contributed by atoms with Crippen LogP contribution in [0, 0.1) is 19.3 Å². The average Bonchev–Trinajstić information content (AvgIpc) is 2.73. The largest absolute Gasteiger partial charge is 0.325 e. The van der Waals surface area contributed by atoms with Gasteiger partial charge in [-0.2, -0.15) is 0 Å². The molecule has 0 bridgehead atoms. The molecule has 0 spiro atoms. The summed E-state index contributed by atoms with van der Waals surface area (Å²) in [5.74, 6) is 0.184. The number of hydrogen-bond acceptors (Lipinski definition) is 1. The maximum absolute atomic E-state index is 12.3. The fourth-order valence-corrected chi connectivity index (χ4v) is 2.54. The van der Waals surface area contributed by atoms with Gasteiger partial charge in [-0.3, -0.25) is 4.79 Å². The molecule has 0 atom stereocenters. The van der Waals surface area contributed by atoms with E-state index in [1.54, 1.807) is 0 Å². The summed E-state index contributed by atoms with van der Waals surface area (Å²) in [6, 6.07) is 6.05. The highest BCUT2D eigenvalue weighted by atomic mass is 16.2. The monoisotopic (exact) mass is 231 g/mol. The highest BCUT2D eigenvalue weighted by Gasteiger charge is 2.36. The third kappa shape index (κ3) is 2.36. The van der Waals surface area contributed by atoms with Gasteiger partial charge in [-0.1, -0.05) is 31.9 Å². The SMILES string of the molecule is Cc1cccc(NC(=O)C2(C)CCCC2)c1C. The van der Waals surface area contributed by atoms with Crippen LogP contribution in [0.1, 0.15) is 43.7 Å². The molecule has 0 unspecified atom stereocenters. The fourth-order valence-electron chi connectivity index (χ4n) is 2.54. The fraction of sp³-hybridized carbons (Fsp3) is 0.533. The summed E-state index contributed by atoms with van der Waals surface area (Å²) >= 11 is 0. The second-order valence-corrected chi connectivity index (χ2v) is 5.47. The number of anilines is 1. The summed E-state index contributed by atoms with van der Waals surface area (Å²) in [5, 5.41) is 3.09. The Hall–Kier alpha value is -1.31. The molecule has 1 fully saturated rings. The van der Waals surface area contributed by atoms with Crippen molar-refractivity contribution in [3.8, 4) is 0 Å². The molecule has 1 N–H and O–H groups in total. The number of nitrogens with one attached hydrogen (secondary N) is 1. The van der Waals surface area contributed by atoms with Gasteiger partial charge in [0.15, 0.2) is 0 Å². The molecule has 1 amide bonds. The van der Waals surface area contributed by atoms with E-state index in [2.05, 4.69) is 32.2 Å². The molecule has 1 aliphatic carbocycles. The van der Waals surface area contributed by atoms with Gasteiger partial charge in [-0.05, 0) is 43.9 Å². The first-order valence-electron chi connectivity index (χ1n) is 6.41. The van der Waals surface area contributed by atoms with E-state index in [4.69, 9.17) is 0 Å². The minimum Gasteiger partial charge on any atom is -0.325 e. The lowest BCUT2D eigenvalue weighted by Gasteiger charge is -2.23. The number of hydrogen-bond donors (Lipinski definition) is 1. The van der Waals surface area contributed by atoms with Gasteiger partial charge in [0.05, 0.1) is 0 Å². The van der Waals surface area contributed by atoms with E-state index in [1.165, 1.54) is 24.0 Å². The standard InChI is InChI=1S/C15H21NO/c1-11-7-6-8-13(12(11)2)16-14(17)15(3)9-4-5-10-15/h6-8H,4-5,9-10H2,1-3H3,(H,16,17). The van der Waals surface area contributed by atoms with Crippen LogP contribution in [0.4, 0.5) is 5.69 Å². The maximum atomic E-state index is 12.3. The molecule has 2 heteroatoms. The van der Waals surface area contributed by atoms with Gasteiger partial charge in [-0.25, -0.2) is 0 Å². The van der Waals surface area contributed by atoms with Crippen LogP contribution in [-0.4, -0.2) is 5.91 Å². The summed E-state index contributed by atoms with van der Waals surface area (Å²) in [6.45, 7) is 6.21. The summed E-state index contributed by atoms with van der Waals surface area (Å²) in [6.07, 6.45) is 4.39. The molecule has 1 aromatic rings. The quantitative estimate of drug-likeness (QED) is 0.823. The van der Waals surface area contributed by atoms with E-state index in [0.717, 1.165) is 18.5 Å². The van der Waals surface area contributed by atoms with Gasteiger partial charge >= 0.3 is 0 Å². The van der Waals surface area contributed by atoms with E-state index in [9.17, 15) is 4.79 Å². The first-order chi connectivity index (χ1) is 8.03. The Morgan fingerprint density at radius 1 is 1.24 bits per heavy atom. The van der Waals surface area contributed by atoms with Crippen LogP contribution < -0.4 is 5.32 Å². The van der Waals surface area contributed by atoms with Crippen LogP contribution >= 0.6 is 0 Å². The average molecular weight is 231 g/mol. The van der Waals surface area contributed by atoms with Crippen molar-refractivity contribution in [3.05, 3.63) is 29.3 Å². The molecule has 0 aliphatic heterocycles. The summed E-state index contributed by atoms with van der Waals surface area (Å²) in [7, 11) is 0. The van der Waals surface area contributed by atoms with E-state index in [0.29, 0.717) is 0 Å². The zero-order valence-electron chi connectivity index (χ0n) is 11.0. The normalized spacial score (nSPS) is 18.1. The van der Waals surface area contributed by atoms with Crippen molar-refractivity contribution in [1.29, 1.82) is 0 Å². The molecule has 1 saturated carbocycles. The Balaban J connectivity index is 2.16. The van der Waals surface area contributed by atoms with Crippen molar-refractivity contribution >= 4 is 11.6 Å². The number of aryl methyl sites for hydroxylation is 1. The molecule has 17 heavy (non-hydrogen) atoms. The minimum absolute atomic E-state index is 0.157. The predicted octanol–water partition coefficient (Wildman–Crippen LogP) is 3.82. The lowest BCUT2D eigenvalue weighted by molar-refractivity contribution is -0.124. The van der Waals surface area contributed by atoms with Crippen LogP contribution in [0.15, 0.2) is 18.2 Å². The molecule has 0 radical (unpaired) electrons. The van der Waals surface area contributed by atoms with Crippen molar-refractivity contribution < 1.29 is 4.79 Å². The highest BCUT2D eigenvalue weighted by Crippen LogP contribution is 2.38. The van der Waals surface area contributed by atoms with Crippen LogP contribution in [0.25, 0.3) is 0 Å².